The predicted molar refractivity (Wildman–Crippen MR) is 93.5 cm³/mol. The standard InChI is InChI=1S/C16H23ClN2O6/c1-22-7-5-19(6-8-23-2)16(21)15(20)18-12-10-13(24-3)11(17)9-14(12)25-4/h9-10H,5-8H2,1-4H3,(H,18,20). The van der Waals surface area contributed by atoms with Crippen LogP contribution in [-0.2, 0) is 19.1 Å². The largest absolute Gasteiger partial charge is 0.495 e. The number of carbonyl (C=O) groups excluding carboxylic acids is 2. The fraction of sp³-hybridized carbons (Fsp3) is 0.500. The van der Waals surface area contributed by atoms with Gasteiger partial charge in [-0.2, -0.15) is 0 Å². The van der Waals surface area contributed by atoms with E-state index >= 15 is 0 Å². The number of hydrogen-bond donors (Lipinski definition) is 1. The Morgan fingerprint density at radius 2 is 1.56 bits per heavy atom. The van der Waals surface area contributed by atoms with Gasteiger partial charge in [0.2, 0.25) is 0 Å². The SMILES string of the molecule is COCCN(CCOC)C(=O)C(=O)Nc1cc(OC)c(Cl)cc1OC. The molecule has 0 saturated heterocycles. The average molecular weight is 375 g/mol. The molecule has 0 heterocycles. The summed E-state index contributed by atoms with van der Waals surface area (Å²) >= 11 is 6.02. The van der Waals surface area contributed by atoms with Crippen molar-refractivity contribution < 1.29 is 28.5 Å². The van der Waals surface area contributed by atoms with Crippen molar-refractivity contribution in [2.45, 2.75) is 0 Å². The first-order chi connectivity index (χ1) is 12.0. The minimum absolute atomic E-state index is 0.271. The van der Waals surface area contributed by atoms with Crippen LogP contribution in [0.25, 0.3) is 0 Å². The maximum atomic E-state index is 12.4. The minimum Gasteiger partial charge on any atom is -0.495 e. The Morgan fingerprint density at radius 1 is 1.00 bits per heavy atom. The number of nitrogens with one attached hydrogen (secondary N) is 1. The van der Waals surface area contributed by atoms with Crippen LogP contribution in [-0.4, -0.2) is 71.5 Å². The number of hydrogen-bond acceptors (Lipinski definition) is 6. The van der Waals surface area contributed by atoms with E-state index in [0.29, 0.717) is 29.7 Å². The molecule has 140 valence electrons. The quantitative estimate of drug-likeness (QED) is 0.658. The molecule has 0 aliphatic heterocycles. The molecule has 0 unspecified atom stereocenters. The number of carbonyl (C=O) groups is 2. The second-order valence-corrected chi connectivity index (χ2v) is 5.33. The van der Waals surface area contributed by atoms with Crippen LogP contribution >= 0.6 is 11.6 Å². The summed E-state index contributed by atoms with van der Waals surface area (Å²) in [4.78, 5) is 26.1. The third-order valence-corrected chi connectivity index (χ3v) is 3.63. The maximum absolute atomic E-state index is 12.4. The molecule has 25 heavy (non-hydrogen) atoms. The lowest BCUT2D eigenvalue weighted by atomic mass is 10.2. The number of rotatable bonds is 9. The summed E-state index contributed by atoms with van der Waals surface area (Å²) in [6.45, 7) is 1.15. The Balaban J connectivity index is 2.93. The van der Waals surface area contributed by atoms with Crippen LogP contribution in [0.5, 0.6) is 11.5 Å². The number of benzene rings is 1. The minimum atomic E-state index is -0.810. The summed E-state index contributed by atoms with van der Waals surface area (Å²) in [5, 5.41) is 2.85. The van der Waals surface area contributed by atoms with Crippen molar-refractivity contribution in [3.05, 3.63) is 17.2 Å². The van der Waals surface area contributed by atoms with Gasteiger partial charge in [0.25, 0.3) is 0 Å². The molecule has 0 aromatic heterocycles. The molecular weight excluding hydrogens is 352 g/mol. The average Bonchev–Trinajstić information content (AvgIpc) is 2.62. The van der Waals surface area contributed by atoms with Crippen LogP contribution < -0.4 is 14.8 Å². The van der Waals surface area contributed by atoms with Crippen molar-refractivity contribution in [3.8, 4) is 11.5 Å². The zero-order valence-electron chi connectivity index (χ0n) is 14.8. The zero-order valence-corrected chi connectivity index (χ0v) is 15.5. The molecule has 1 N–H and O–H groups in total. The van der Waals surface area contributed by atoms with Gasteiger partial charge < -0.3 is 29.2 Å². The molecule has 0 aliphatic carbocycles. The van der Waals surface area contributed by atoms with Crippen molar-refractivity contribution in [2.75, 3.05) is 60.1 Å². The molecule has 0 spiro atoms. The van der Waals surface area contributed by atoms with E-state index in [2.05, 4.69) is 5.32 Å². The van der Waals surface area contributed by atoms with Crippen molar-refractivity contribution >= 4 is 29.1 Å². The highest BCUT2D eigenvalue weighted by Crippen LogP contribution is 2.35. The highest BCUT2D eigenvalue weighted by molar-refractivity contribution is 6.40. The summed E-state index contributed by atoms with van der Waals surface area (Å²) in [7, 11) is 5.91. The topological polar surface area (TPSA) is 86.3 Å². The lowest BCUT2D eigenvalue weighted by Crippen LogP contribution is -2.43. The van der Waals surface area contributed by atoms with Crippen molar-refractivity contribution in [2.24, 2.45) is 0 Å². The first-order valence-electron chi connectivity index (χ1n) is 7.48. The number of amides is 2. The molecule has 1 aromatic rings. The lowest BCUT2D eigenvalue weighted by Gasteiger charge is -2.21. The summed E-state index contributed by atoms with van der Waals surface area (Å²) in [6.07, 6.45) is 0. The van der Waals surface area contributed by atoms with Gasteiger partial charge in [0.1, 0.15) is 11.5 Å². The fourth-order valence-corrected chi connectivity index (χ4v) is 2.23. The first-order valence-corrected chi connectivity index (χ1v) is 7.85. The molecule has 8 nitrogen and oxygen atoms in total. The van der Waals surface area contributed by atoms with Gasteiger partial charge in [-0.05, 0) is 0 Å². The molecule has 1 aromatic carbocycles. The second kappa shape index (κ2) is 10.8. The number of nitrogens with zero attached hydrogens (tertiary/aromatic N) is 1. The Bertz CT molecular complexity index is 588. The molecule has 2 amide bonds. The van der Waals surface area contributed by atoms with Crippen molar-refractivity contribution in [3.63, 3.8) is 0 Å². The number of anilines is 1. The van der Waals surface area contributed by atoms with E-state index in [4.69, 9.17) is 30.5 Å². The van der Waals surface area contributed by atoms with E-state index in [9.17, 15) is 9.59 Å². The first kappa shape index (κ1) is 21.0. The van der Waals surface area contributed by atoms with E-state index in [1.165, 1.54) is 45.5 Å². The summed E-state index contributed by atoms with van der Waals surface area (Å²) in [6, 6.07) is 2.98. The Morgan fingerprint density at radius 3 is 2.04 bits per heavy atom. The molecule has 9 heteroatoms. The van der Waals surface area contributed by atoms with Crippen molar-refractivity contribution in [1.29, 1.82) is 0 Å². The molecule has 0 fully saturated rings. The van der Waals surface area contributed by atoms with E-state index in [-0.39, 0.29) is 18.8 Å². The van der Waals surface area contributed by atoms with E-state index in [0.717, 1.165) is 0 Å². The molecule has 0 saturated carbocycles. The molecule has 0 bridgehead atoms. The van der Waals surface area contributed by atoms with Crippen molar-refractivity contribution in [1.82, 2.24) is 4.90 Å². The highest BCUT2D eigenvalue weighted by atomic mass is 35.5. The Kier molecular flexibility index (Phi) is 9.04. The highest BCUT2D eigenvalue weighted by Gasteiger charge is 2.23. The van der Waals surface area contributed by atoms with Gasteiger partial charge >= 0.3 is 11.8 Å². The van der Waals surface area contributed by atoms with Gasteiger partial charge in [-0.15, -0.1) is 0 Å². The summed E-state index contributed by atoms with van der Waals surface area (Å²) < 4.78 is 20.2. The predicted octanol–water partition coefficient (Wildman–Crippen LogP) is 1.42. The lowest BCUT2D eigenvalue weighted by molar-refractivity contribution is -0.144. The van der Waals surface area contributed by atoms with Gasteiger partial charge in [0, 0.05) is 39.4 Å². The van der Waals surface area contributed by atoms with Crippen LogP contribution in [0.4, 0.5) is 5.69 Å². The van der Waals surface area contributed by atoms with E-state index < -0.39 is 11.8 Å². The van der Waals surface area contributed by atoms with E-state index in [1.54, 1.807) is 0 Å². The fourth-order valence-electron chi connectivity index (χ4n) is 2.00. The van der Waals surface area contributed by atoms with Crippen LogP contribution in [0.2, 0.25) is 5.02 Å². The van der Waals surface area contributed by atoms with E-state index in [1.807, 2.05) is 0 Å². The molecule has 0 atom stereocenters. The Hall–Kier alpha value is -2.03. The maximum Gasteiger partial charge on any atom is 0.314 e. The smallest absolute Gasteiger partial charge is 0.314 e. The summed E-state index contributed by atoms with van der Waals surface area (Å²) in [5.41, 5.74) is 0.278. The second-order valence-electron chi connectivity index (χ2n) is 4.92. The number of halogens is 1. The van der Waals surface area contributed by atoms with Crippen LogP contribution in [0.3, 0.4) is 0 Å². The molecule has 0 aliphatic rings. The van der Waals surface area contributed by atoms with Gasteiger partial charge in [-0.1, -0.05) is 11.6 Å². The van der Waals surface area contributed by atoms with Gasteiger partial charge in [-0.3, -0.25) is 9.59 Å². The Labute approximate surface area is 151 Å². The van der Waals surface area contributed by atoms with Crippen LogP contribution in [0.15, 0.2) is 12.1 Å². The number of methoxy groups -OCH3 is 4. The zero-order chi connectivity index (χ0) is 18.8. The van der Waals surface area contributed by atoms with Crippen LogP contribution in [0.1, 0.15) is 0 Å². The number of ether oxygens (including phenoxy) is 4. The monoisotopic (exact) mass is 374 g/mol. The molecular formula is C16H23ClN2O6. The normalized spacial score (nSPS) is 10.3. The molecule has 0 radical (unpaired) electrons. The molecule has 1 rings (SSSR count). The third-order valence-electron chi connectivity index (χ3n) is 3.33. The summed E-state index contributed by atoms with van der Waals surface area (Å²) in [5.74, 6) is -0.854. The van der Waals surface area contributed by atoms with Gasteiger partial charge in [0.05, 0.1) is 38.1 Å². The van der Waals surface area contributed by atoms with Gasteiger partial charge in [-0.25, -0.2) is 0 Å². The van der Waals surface area contributed by atoms with Crippen LogP contribution in [0, 0.1) is 0 Å². The third kappa shape index (κ3) is 6.08. The van der Waals surface area contributed by atoms with Gasteiger partial charge in [0.15, 0.2) is 0 Å².